The van der Waals surface area contributed by atoms with Gasteiger partial charge in [0.2, 0.25) is 10.0 Å². The minimum atomic E-state index is -4.22. The highest BCUT2D eigenvalue weighted by Gasteiger charge is 2.27. The summed E-state index contributed by atoms with van der Waals surface area (Å²) in [5.41, 5.74) is 2.96. The van der Waals surface area contributed by atoms with Gasteiger partial charge in [0.05, 0.1) is 10.7 Å². The molecule has 3 aromatic carbocycles. The van der Waals surface area contributed by atoms with E-state index in [1.807, 2.05) is 30.3 Å². The van der Waals surface area contributed by atoms with E-state index in [0.29, 0.717) is 22.5 Å². The highest BCUT2D eigenvalue weighted by Crippen LogP contribution is 2.30. The van der Waals surface area contributed by atoms with Gasteiger partial charge in [-0.1, -0.05) is 66.2 Å². The van der Waals surface area contributed by atoms with Crippen molar-refractivity contribution in [1.82, 2.24) is 9.71 Å². The number of amides is 2. The number of aromatic nitrogens is 1. The van der Waals surface area contributed by atoms with Gasteiger partial charge < -0.3 is 15.7 Å². The first-order valence-electron chi connectivity index (χ1n) is 11.4. The van der Waals surface area contributed by atoms with Crippen LogP contribution < -0.4 is 15.4 Å². The maximum Gasteiger partial charge on any atom is 0.323 e. The van der Waals surface area contributed by atoms with E-state index in [1.165, 1.54) is 18.2 Å². The number of nitrogens with zero attached hydrogens (tertiary/aromatic N) is 1. The third-order valence-electron chi connectivity index (χ3n) is 5.52. The van der Waals surface area contributed by atoms with Crippen molar-refractivity contribution in [3.63, 3.8) is 0 Å². The Bertz CT molecular complexity index is 1550. The molecular weight excluding hydrogens is 528 g/mol. The number of urea groups is 1. The molecule has 1 unspecified atom stereocenters. The van der Waals surface area contributed by atoms with E-state index >= 15 is 0 Å². The zero-order valence-corrected chi connectivity index (χ0v) is 21.4. The minimum absolute atomic E-state index is 0.0250. The van der Waals surface area contributed by atoms with E-state index < -0.39 is 28.1 Å². The molecule has 194 valence electrons. The van der Waals surface area contributed by atoms with Crippen LogP contribution >= 0.6 is 11.6 Å². The first-order chi connectivity index (χ1) is 18.2. The lowest BCUT2D eigenvalue weighted by Crippen LogP contribution is -2.42. The van der Waals surface area contributed by atoms with Gasteiger partial charge in [-0.05, 0) is 47.9 Å². The molecule has 0 saturated heterocycles. The number of pyridine rings is 1. The third kappa shape index (κ3) is 6.74. The standard InChI is InChI=1S/C27H23ClN4O5S/c28-22-8-4-5-9-25(22)38(36,37)32-24(26(33)34)17-18-10-11-21(19-6-2-1-3-7-19)23(16-18)31-27(35)30-20-12-14-29-15-13-20/h1-16,24,32H,17H2,(H,33,34)(H2,29,30,31,35). The molecular formula is C27H23ClN4O5S. The zero-order valence-electron chi connectivity index (χ0n) is 19.8. The van der Waals surface area contributed by atoms with Crippen molar-refractivity contribution in [3.8, 4) is 11.1 Å². The molecule has 1 atom stereocenters. The van der Waals surface area contributed by atoms with Crippen LogP contribution in [0.3, 0.4) is 0 Å². The first kappa shape index (κ1) is 26.8. The lowest BCUT2D eigenvalue weighted by Gasteiger charge is -2.18. The predicted octanol–water partition coefficient (Wildman–Crippen LogP) is 5.02. The Balaban J connectivity index is 1.62. The number of rotatable bonds is 9. The molecule has 0 saturated carbocycles. The summed E-state index contributed by atoms with van der Waals surface area (Å²) in [5.74, 6) is -1.36. The van der Waals surface area contributed by atoms with Crippen molar-refractivity contribution in [3.05, 3.63) is 108 Å². The normalized spacial score (nSPS) is 11.9. The summed E-state index contributed by atoms with van der Waals surface area (Å²) in [6.07, 6.45) is 2.90. The number of carbonyl (C=O) groups is 2. The minimum Gasteiger partial charge on any atom is -0.480 e. The first-order valence-corrected chi connectivity index (χ1v) is 13.2. The highest BCUT2D eigenvalue weighted by atomic mass is 35.5. The smallest absolute Gasteiger partial charge is 0.323 e. The van der Waals surface area contributed by atoms with Crippen molar-refractivity contribution >= 4 is 45.0 Å². The van der Waals surface area contributed by atoms with Crippen molar-refractivity contribution in [2.75, 3.05) is 10.6 Å². The fraction of sp³-hybridized carbons (Fsp3) is 0.0741. The number of aliphatic carboxylic acids is 1. The number of nitrogens with one attached hydrogen (secondary N) is 3. The molecule has 9 nitrogen and oxygen atoms in total. The van der Waals surface area contributed by atoms with Crippen molar-refractivity contribution in [2.45, 2.75) is 17.4 Å². The Kier molecular flexibility index (Phi) is 8.37. The molecule has 0 fully saturated rings. The van der Waals surface area contributed by atoms with E-state index in [0.717, 1.165) is 5.56 Å². The van der Waals surface area contributed by atoms with Gasteiger partial charge >= 0.3 is 12.0 Å². The lowest BCUT2D eigenvalue weighted by atomic mass is 9.98. The molecule has 0 aliphatic heterocycles. The molecule has 4 aromatic rings. The van der Waals surface area contributed by atoms with Gasteiger partial charge in [-0.3, -0.25) is 9.78 Å². The van der Waals surface area contributed by atoms with Crippen LogP contribution in [-0.4, -0.2) is 36.6 Å². The lowest BCUT2D eigenvalue weighted by molar-refractivity contribution is -0.138. The number of benzene rings is 3. The van der Waals surface area contributed by atoms with E-state index in [4.69, 9.17) is 11.6 Å². The second kappa shape index (κ2) is 11.9. The van der Waals surface area contributed by atoms with E-state index in [9.17, 15) is 23.1 Å². The summed E-state index contributed by atoms with van der Waals surface area (Å²) in [7, 11) is -4.22. The second-order valence-corrected chi connectivity index (χ2v) is 10.3. The molecule has 1 aromatic heterocycles. The quantitative estimate of drug-likeness (QED) is 0.231. The number of sulfonamides is 1. The van der Waals surface area contributed by atoms with Gasteiger partial charge in [0.15, 0.2) is 0 Å². The van der Waals surface area contributed by atoms with Crippen molar-refractivity contribution < 1.29 is 23.1 Å². The van der Waals surface area contributed by atoms with Gasteiger partial charge in [0.1, 0.15) is 10.9 Å². The third-order valence-corrected chi connectivity index (χ3v) is 7.49. The molecule has 2 amide bonds. The van der Waals surface area contributed by atoms with Crippen molar-refractivity contribution in [1.29, 1.82) is 0 Å². The van der Waals surface area contributed by atoms with Crippen LogP contribution in [0.25, 0.3) is 11.1 Å². The molecule has 0 aliphatic rings. The second-order valence-electron chi connectivity index (χ2n) is 8.21. The number of hydrogen-bond donors (Lipinski definition) is 4. The summed E-state index contributed by atoms with van der Waals surface area (Å²) < 4.78 is 27.9. The van der Waals surface area contributed by atoms with Crippen LogP contribution in [-0.2, 0) is 21.2 Å². The Morgan fingerprint density at radius 2 is 1.58 bits per heavy atom. The number of carbonyl (C=O) groups excluding carboxylic acids is 1. The van der Waals surface area contributed by atoms with E-state index in [1.54, 1.807) is 48.8 Å². The van der Waals surface area contributed by atoms with Gasteiger partial charge in [-0.25, -0.2) is 13.2 Å². The Morgan fingerprint density at radius 3 is 2.26 bits per heavy atom. The SMILES string of the molecule is O=C(Nc1ccncc1)Nc1cc(CC(NS(=O)(=O)c2ccccc2Cl)C(=O)O)ccc1-c1ccccc1. The summed E-state index contributed by atoms with van der Waals surface area (Å²) in [6.45, 7) is 0. The van der Waals surface area contributed by atoms with Gasteiger partial charge in [0.25, 0.3) is 0 Å². The summed E-state index contributed by atoms with van der Waals surface area (Å²) in [4.78, 5) is 28.4. The Labute approximate surface area is 224 Å². The maximum absolute atomic E-state index is 12.9. The predicted molar refractivity (Wildman–Crippen MR) is 146 cm³/mol. The number of carboxylic acid groups (broad SMARTS) is 1. The fourth-order valence-corrected chi connectivity index (χ4v) is 5.45. The molecule has 1 heterocycles. The average molecular weight is 551 g/mol. The van der Waals surface area contributed by atoms with Crippen LogP contribution in [0.5, 0.6) is 0 Å². The topological polar surface area (TPSA) is 137 Å². The van der Waals surface area contributed by atoms with Crippen LogP contribution in [0.4, 0.5) is 16.2 Å². The monoisotopic (exact) mass is 550 g/mol. The number of halogens is 1. The Hall–Kier alpha value is -4.25. The van der Waals surface area contributed by atoms with Crippen molar-refractivity contribution in [2.24, 2.45) is 0 Å². The summed E-state index contributed by atoms with van der Waals surface area (Å²) in [6, 6.07) is 21.4. The van der Waals surface area contributed by atoms with E-state index in [2.05, 4.69) is 20.3 Å². The van der Waals surface area contributed by atoms with Crippen LogP contribution in [0.2, 0.25) is 5.02 Å². The van der Waals surface area contributed by atoms with Crippen LogP contribution in [0.15, 0.2) is 102 Å². The number of carboxylic acids is 1. The molecule has 0 bridgehead atoms. The van der Waals surface area contributed by atoms with Gasteiger partial charge in [-0.15, -0.1) is 0 Å². The molecule has 0 spiro atoms. The molecule has 4 N–H and O–H groups in total. The average Bonchev–Trinajstić information content (AvgIpc) is 2.89. The Morgan fingerprint density at radius 1 is 0.895 bits per heavy atom. The van der Waals surface area contributed by atoms with Crippen LogP contribution in [0.1, 0.15) is 5.56 Å². The number of hydrogen-bond acceptors (Lipinski definition) is 5. The molecule has 0 aliphatic carbocycles. The van der Waals surface area contributed by atoms with E-state index in [-0.39, 0.29) is 16.3 Å². The largest absolute Gasteiger partial charge is 0.480 e. The number of anilines is 2. The molecule has 4 rings (SSSR count). The molecule has 0 radical (unpaired) electrons. The fourth-order valence-electron chi connectivity index (χ4n) is 3.74. The molecule has 38 heavy (non-hydrogen) atoms. The summed E-state index contributed by atoms with van der Waals surface area (Å²) in [5, 5.41) is 15.3. The van der Waals surface area contributed by atoms with Gasteiger partial charge in [-0.2, -0.15) is 4.72 Å². The zero-order chi connectivity index (χ0) is 27.1. The van der Waals surface area contributed by atoms with Gasteiger partial charge in [0, 0.05) is 23.6 Å². The molecule has 11 heteroatoms. The maximum atomic E-state index is 12.9. The van der Waals surface area contributed by atoms with Crippen LogP contribution in [0, 0.1) is 0 Å². The summed E-state index contributed by atoms with van der Waals surface area (Å²) >= 11 is 6.02. The highest BCUT2D eigenvalue weighted by molar-refractivity contribution is 7.89.